The maximum absolute atomic E-state index is 10.5. The van der Waals surface area contributed by atoms with E-state index in [9.17, 15) is 9.90 Å². The van der Waals surface area contributed by atoms with Gasteiger partial charge in [-0.15, -0.1) is 0 Å². The molecule has 14 heavy (non-hydrogen) atoms. The Morgan fingerprint density at radius 3 is 2.93 bits per heavy atom. The third-order valence-corrected chi connectivity index (χ3v) is 3.17. The summed E-state index contributed by atoms with van der Waals surface area (Å²) < 4.78 is 5.62. The van der Waals surface area contributed by atoms with Gasteiger partial charge in [0, 0.05) is 12.0 Å². The van der Waals surface area contributed by atoms with Crippen molar-refractivity contribution in [2.45, 2.75) is 37.5 Å². The highest BCUT2D eigenvalue weighted by Crippen LogP contribution is 2.36. The van der Waals surface area contributed by atoms with Crippen LogP contribution in [-0.4, -0.2) is 41.2 Å². The molecule has 2 bridgehead atoms. The van der Waals surface area contributed by atoms with Crippen LogP contribution in [-0.2, 0) is 4.74 Å². The van der Waals surface area contributed by atoms with E-state index in [1.54, 1.807) is 0 Å². The van der Waals surface area contributed by atoms with Crippen molar-refractivity contribution < 1.29 is 19.7 Å². The normalized spacial score (nSPS) is 40.9. The highest BCUT2D eigenvalue weighted by Gasteiger charge is 2.43. The molecule has 3 N–H and O–H groups in total. The average Bonchev–Trinajstić information content (AvgIpc) is 2.48. The lowest BCUT2D eigenvalue weighted by Crippen LogP contribution is -2.50. The molecule has 0 spiro atoms. The van der Waals surface area contributed by atoms with Gasteiger partial charge >= 0.3 is 6.09 Å². The molecule has 5 nitrogen and oxygen atoms in total. The van der Waals surface area contributed by atoms with E-state index in [1.807, 2.05) is 0 Å². The van der Waals surface area contributed by atoms with Crippen LogP contribution in [0.1, 0.15) is 19.3 Å². The number of nitrogens with one attached hydrogen (secondary N) is 1. The zero-order valence-corrected chi connectivity index (χ0v) is 7.85. The largest absolute Gasteiger partial charge is 0.465 e. The molecule has 2 aliphatic rings. The first kappa shape index (κ1) is 9.73. The van der Waals surface area contributed by atoms with Crippen LogP contribution < -0.4 is 5.32 Å². The standard InChI is InChI=1S/C9H15NO4/c11-4-6-7(10-9(12)13)3-5-1-2-8(6)14-5/h5-8,10-11H,1-4H2,(H,12,13)/t5-,6?,7?,8+/m1/s1. The molecule has 5 heteroatoms. The molecule has 0 saturated carbocycles. The third kappa shape index (κ3) is 1.69. The topological polar surface area (TPSA) is 78.8 Å². The van der Waals surface area contributed by atoms with Crippen molar-refractivity contribution in [2.24, 2.45) is 5.92 Å². The summed E-state index contributed by atoms with van der Waals surface area (Å²) in [6, 6.07) is -0.149. The number of hydrogen-bond donors (Lipinski definition) is 3. The van der Waals surface area contributed by atoms with Gasteiger partial charge in [-0.2, -0.15) is 0 Å². The van der Waals surface area contributed by atoms with E-state index < -0.39 is 6.09 Å². The number of amides is 1. The average molecular weight is 201 g/mol. The molecule has 2 heterocycles. The minimum Gasteiger partial charge on any atom is -0.465 e. The van der Waals surface area contributed by atoms with E-state index >= 15 is 0 Å². The van der Waals surface area contributed by atoms with Crippen molar-refractivity contribution in [3.63, 3.8) is 0 Å². The summed E-state index contributed by atoms with van der Waals surface area (Å²) in [5.74, 6) is -0.0788. The molecule has 0 aliphatic carbocycles. The van der Waals surface area contributed by atoms with Gasteiger partial charge < -0.3 is 20.3 Å². The second-order valence-electron chi connectivity index (χ2n) is 4.01. The monoisotopic (exact) mass is 201 g/mol. The smallest absolute Gasteiger partial charge is 0.404 e. The predicted molar refractivity (Wildman–Crippen MR) is 48.0 cm³/mol. The van der Waals surface area contributed by atoms with Gasteiger partial charge in [-0.25, -0.2) is 4.79 Å². The van der Waals surface area contributed by atoms with Gasteiger partial charge in [0.1, 0.15) is 0 Å². The number of rotatable bonds is 2. The summed E-state index contributed by atoms with van der Waals surface area (Å²) in [5, 5.41) is 20.3. The van der Waals surface area contributed by atoms with Gasteiger partial charge in [0.25, 0.3) is 0 Å². The highest BCUT2D eigenvalue weighted by molar-refractivity contribution is 5.64. The van der Waals surface area contributed by atoms with Crippen LogP contribution in [0.3, 0.4) is 0 Å². The second kappa shape index (κ2) is 3.74. The van der Waals surface area contributed by atoms with Crippen molar-refractivity contribution >= 4 is 6.09 Å². The van der Waals surface area contributed by atoms with Crippen molar-refractivity contribution in [1.82, 2.24) is 5.32 Å². The molecular formula is C9H15NO4. The van der Waals surface area contributed by atoms with Crippen LogP contribution in [0.2, 0.25) is 0 Å². The number of carboxylic acid groups (broad SMARTS) is 1. The van der Waals surface area contributed by atoms with E-state index in [4.69, 9.17) is 9.84 Å². The number of aliphatic hydroxyl groups excluding tert-OH is 1. The Morgan fingerprint density at radius 1 is 1.50 bits per heavy atom. The number of hydrogen-bond acceptors (Lipinski definition) is 3. The molecule has 2 fully saturated rings. The minimum absolute atomic E-state index is 0.0116. The zero-order chi connectivity index (χ0) is 10.1. The van der Waals surface area contributed by atoms with Crippen LogP contribution in [0.5, 0.6) is 0 Å². The first-order chi connectivity index (χ1) is 6.70. The van der Waals surface area contributed by atoms with Crippen LogP contribution >= 0.6 is 0 Å². The molecule has 2 unspecified atom stereocenters. The summed E-state index contributed by atoms with van der Waals surface area (Å²) in [5.41, 5.74) is 0. The highest BCUT2D eigenvalue weighted by atomic mass is 16.5. The van der Waals surface area contributed by atoms with Gasteiger partial charge in [-0.1, -0.05) is 0 Å². The molecular weight excluding hydrogens is 186 g/mol. The maximum atomic E-state index is 10.5. The first-order valence-corrected chi connectivity index (χ1v) is 4.96. The Kier molecular flexibility index (Phi) is 2.60. The molecule has 0 aromatic heterocycles. The molecule has 1 amide bonds. The van der Waals surface area contributed by atoms with Crippen molar-refractivity contribution in [3.05, 3.63) is 0 Å². The molecule has 80 valence electrons. The lowest BCUT2D eigenvalue weighted by molar-refractivity contribution is -0.0627. The molecule has 0 radical (unpaired) electrons. The maximum Gasteiger partial charge on any atom is 0.404 e. The van der Waals surface area contributed by atoms with Crippen LogP contribution in [0.4, 0.5) is 4.79 Å². The summed E-state index contributed by atoms with van der Waals surface area (Å²) in [7, 11) is 0. The molecule has 0 aromatic carbocycles. The van der Waals surface area contributed by atoms with E-state index in [2.05, 4.69) is 5.32 Å². The summed E-state index contributed by atoms with van der Waals surface area (Å²) in [6.45, 7) is -0.0116. The number of aliphatic hydroxyl groups is 1. The van der Waals surface area contributed by atoms with E-state index in [1.165, 1.54) is 0 Å². The summed E-state index contributed by atoms with van der Waals surface area (Å²) in [6.07, 6.45) is 1.81. The first-order valence-electron chi connectivity index (χ1n) is 4.96. The Balaban J connectivity index is 2.04. The Morgan fingerprint density at radius 2 is 2.29 bits per heavy atom. The SMILES string of the molecule is O=C(O)NC1C[C@H]2CC[C@H](O2)C1CO. The quantitative estimate of drug-likeness (QED) is 0.595. The van der Waals surface area contributed by atoms with Crippen molar-refractivity contribution in [3.8, 4) is 0 Å². The lowest BCUT2D eigenvalue weighted by Gasteiger charge is -2.35. The van der Waals surface area contributed by atoms with Gasteiger partial charge in [-0.3, -0.25) is 0 Å². The van der Waals surface area contributed by atoms with E-state index in [0.29, 0.717) is 6.42 Å². The third-order valence-electron chi connectivity index (χ3n) is 3.17. The van der Waals surface area contributed by atoms with Crippen LogP contribution in [0, 0.1) is 5.92 Å². The fourth-order valence-corrected chi connectivity index (χ4v) is 2.51. The molecule has 2 rings (SSSR count). The summed E-state index contributed by atoms with van der Waals surface area (Å²) >= 11 is 0. The number of ether oxygens (including phenoxy) is 1. The molecule has 2 aliphatic heterocycles. The number of fused-ring (bicyclic) bond motifs is 2. The van der Waals surface area contributed by atoms with Gasteiger partial charge in [0.05, 0.1) is 18.8 Å². The second-order valence-corrected chi connectivity index (χ2v) is 4.01. The molecule has 2 saturated heterocycles. The lowest BCUT2D eigenvalue weighted by atomic mass is 9.91. The van der Waals surface area contributed by atoms with Gasteiger partial charge in [0.15, 0.2) is 0 Å². The van der Waals surface area contributed by atoms with Crippen LogP contribution in [0.25, 0.3) is 0 Å². The van der Waals surface area contributed by atoms with E-state index in [0.717, 1.165) is 12.8 Å². The fraction of sp³-hybridized carbons (Fsp3) is 0.889. The minimum atomic E-state index is -1.02. The molecule has 0 aromatic rings. The van der Waals surface area contributed by atoms with Gasteiger partial charge in [0.2, 0.25) is 0 Å². The Hall–Kier alpha value is -0.810. The van der Waals surface area contributed by atoms with Crippen LogP contribution in [0.15, 0.2) is 0 Å². The molecule has 4 atom stereocenters. The predicted octanol–water partition coefficient (Wildman–Crippen LogP) is 0.182. The van der Waals surface area contributed by atoms with E-state index in [-0.39, 0.29) is 30.8 Å². The fourth-order valence-electron chi connectivity index (χ4n) is 2.51. The van der Waals surface area contributed by atoms with Crippen molar-refractivity contribution in [2.75, 3.05) is 6.61 Å². The van der Waals surface area contributed by atoms with Crippen molar-refractivity contribution in [1.29, 1.82) is 0 Å². The Bertz CT molecular complexity index is 233. The number of carbonyl (C=O) groups is 1. The zero-order valence-electron chi connectivity index (χ0n) is 7.85. The van der Waals surface area contributed by atoms with Gasteiger partial charge in [-0.05, 0) is 19.3 Å². The summed E-state index contributed by atoms with van der Waals surface area (Å²) in [4.78, 5) is 10.5. The Labute approximate surface area is 82.1 Å².